The first kappa shape index (κ1) is 12.2. The zero-order chi connectivity index (χ0) is 13.0. The summed E-state index contributed by atoms with van der Waals surface area (Å²) in [6, 6.07) is 6.34. The molecule has 96 valence electrons. The molecule has 2 rings (SSSR count). The highest BCUT2D eigenvalue weighted by Crippen LogP contribution is 2.20. The van der Waals surface area contributed by atoms with Gasteiger partial charge in [-0.3, -0.25) is 0 Å². The van der Waals surface area contributed by atoms with Gasteiger partial charge in [-0.1, -0.05) is 6.07 Å². The minimum Gasteiger partial charge on any atom is -0.494 e. The Bertz CT molecular complexity index is 528. The van der Waals surface area contributed by atoms with Crippen LogP contribution in [0.4, 0.5) is 10.2 Å². The van der Waals surface area contributed by atoms with Gasteiger partial charge in [0, 0.05) is 13.1 Å². The molecule has 0 amide bonds. The number of benzene rings is 1. The minimum absolute atomic E-state index is 0.205. The summed E-state index contributed by atoms with van der Waals surface area (Å²) in [7, 11) is 3.20. The first-order valence-corrected chi connectivity index (χ1v) is 5.41. The first-order valence-electron chi connectivity index (χ1n) is 5.41. The van der Waals surface area contributed by atoms with Crippen molar-refractivity contribution in [3.8, 4) is 11.6 Å². The van der Waals surface area contributed by atoms with E-state index >= 15 is 0 Å². The normalized spacial score (nSPS) is 10.2. The van der Waals surface area contributed by atoms with Crippen molar-refractivity contribution in [1.29, 1.82) is 0 Å². The number of H-pyrrole nitrogens is 1. The number of halogens is 1. The van der Waals surface area contributed by atoms with Crippen molar-refractivity contribution in [3.05, 3.63) is 35.6 Å². The summed E-state index contributed by atoms with van der Waals surface area (Å²) in [6.07, 6.45) is 0. The monoisotopic (exact) mass is 251 g/mol. The average molecular weight is 251 g/mol. The standard InChI is InChI=1S/C12H14FN3O2/c1-14-11-6-12(16-15-11)18-7-8-3-4-9(13)10(5-8)17-2/h3-6H,7H2,1-2H3,(H2,14,15,16). The molecule has 0 aliphatic carbocycles. The van der Waals surface area contributed by atoms with E-state index in [-0.39, 0.29) is 11.6 Å². The number of hydrogen-bond acceptors (Lipinski definition) is 4. The van der Waals surface area contributed by atoms with Crippen LogP contribution in [0, 0.1) is 5.82 Å². The van der Waals surface area contributed by atoms with Gasteiger partial charge in [-0.2, -0.15) is 5.10 Å². The Labute approximate surface area is 104 Å². The average Bonchev–Trinajstić information content (AvgIpc) is 2.86. The van der Waals surface area contributed by atoms with Crippen LogP contribution in [0.1, 0.15) is 5.56 Å². The van der Waals surface area contributed by atoms with Crippen LogP contribution >= 0.6 is 0 Å². The Kier molecular flexibility index (Phi) is 3.66. The Hall–Kier alpha value is -2.24. The number of aromatic nitrogens is 2. The number of methoxy groups -OCH3 is 1. The Balaban J connectivity index is 2.01. The molecule has 0 aliphatic rings. The van der Waals surface area contributed by atoms with Crippen molar-refractivity contribution < 1.29 is 13.9 Å². The maximum Gasteiger partial charge on any atom is 0.211 e. The van der Waals surface area contributed by atoms with Crippen LogP contribution in [-0.2, 0) is 6.61 Å². The van der Waals surface area contributed by atoms with E-state index in [0.29, 0.717) is 18.3 Å². The minimum atomic E-state index is -0.389. The van der Waals surface area contributed by atoms with Gasteiger partial charge in [-0.25, -0.2) is 9.49 Å². The number of rotatable bonds is 5. The third kappa shape index (κ3) is 2.71. The number of ether oxygens (including phenoxy) is 2. The smallest absolute Gasteiger partial charge is 0.211 e. The summed E-state index contributed by atoms with van der Waals surface area (Å²) in [5.41, 5.74) is 0.814. The van der Waals surface area contributed by atoms with Crippen molar-refractivity contribution in [1.82, 2.24) is 10.2 Å². The van der Waals surface area contributed by atoms with Crippen LogP contribution in [0.3, 0.4) is 0 Å². The lowest BCUT2D eigenvalue weighted by atomic mass is 10.2. The second-order valence-electron chi connectivity index (χ2n) is 3.63. The van der Waals surface area contributed by atoms with E-state index in [1.165, 1.54) is 13.2 Å². The fourth-order valence-corrected chi connectivity index (χ4v) is 1.46. The van der Waals surface area contributed by atoms with Gasteiger partial charge in [0.15, 0.2) is 17.4 Å². The molecule has 0 bridgehead atoms. The van der Waals surface area contributed by atoms with E-state index in [9.17, 15) is 4.39 Å². The molecule has 18 heavy (non-hydrogen) atoms. The maximum atomic E-state index is 13.2. The Morgan fingerprint density at radius 2 is 2.22 bits per heavy atom. The van der Waals surface area contributed by atoms with E-state index in [4.69, 9.17) is 9.47 Å². The van der Waals surface area contributed by atoms with Crippen molar-refractivity contribution in [2.24, 2.45) is 0 Å². The van der Waals surface area contributed by atoms with Crippen LogP contribution < -0.4 is 14.8 Å². The molecule has 0 aliphatic heterocycles. The number of nitrogens with one attached hydrogen (secondary N) is 2. The van der Waals surface area contributed by atoms with Crippen LogP contribution in [-0.4, -0.2) is 24.4 Å². The number of aromatic amines is 1. The Morgan fingerprint density at radius 1 is 1.39 bits per heavy atom. The van der Waals surface area contributed by atoms with Crippen LogP contribution in [0.15, 0.2) is 24.3 Å². The van der Waals surface area contributed by atoms with E-state index < -0.39 is 0 Å². The maximum absolute atomic E-state index is 13.2. The second-order valence-corrected chi connectivity index (χ2v) is 3.63. The molecule has 6 heteroatoms. The van der Waals surface area contributed by atoms with Crippen LogP contribution in [0.5, 0.6) is 11.6 Å². The quantitative estimate of drug-likeness (QED) is 0.855. The fourth-order valence-electron chi connectivity index (χ4n) is 1.46. The molecular weight excluding hydrogens is 237 g/mol. The van der Waals surface area contributed by atoms with E-state index in [1.54, 1.807) is 25.2 Å². The van der Waals surface area contributed by atoms with Gasteiger partial charge in [-0.05, 0) is 17.7 Å². The number of nitrogens with zero attached hydrogens (tertiary/aromatic N) is 1. The summed E-state index contributed by atoms with van der Waals surface area (Å²) in [5.74, 6) is 1.06. The summed E-state index contributed by atoms with van der Waals surface area (Å²) in [4.78, 5) is 0. The molecule has 0 atom stereocenters. The van der Waals surface area contributed by atoms with Crippen molar-refractivity contribution in [2.75, 3.05) is 19.5 Å². The SMILES string of the molecule is CNc1cc(OCc2ccc(F)c(OC)c2)[nH]n1. The van der Waals surface area contributed by atoms with Gasteiger partial charge < -0.3 is 14.8 Å². The second kappa shape index (κ2) is 5.39. The molecule has 5 nitrogen and oxygen atoms in total. The third-order valence-electron chi connectivity index (χ3n) is 2.42. The van der Waals surface area contributed by atoms with Gasteiger partial charge in [0.1, 0.15) is 6.61 Å². The third-order valence-corrected chi connectivity index (χ3v) is 2.42. The van der Waals surface area contributed by atoms with Gasteiger partial charge in [0.05, 0.1) is 7.11 Å². The highest BCUT2D eigenvalue weighted by molar-refractivity contribution is 5.37. The topological polar surface area (TPSA) is 59.2 Å². The largest absolute Gasteiger partial charge is 0.494 e. The molecule has 1 aromatic carbocycles. The fraction of sp³-hybridized carbons (Fsp3) is 0.250. The number of hydrogen-bond donors (Lipinski definition) is 2. The Morgan fingerprint density at radius 3 is 2.89 bits per heavy atom. The highest BCUT2D eigenvalue weighted by Gasteiger charge is 2.05. The van der Waals surface area contributed by atoms with Crippen LogP contribution in [0.25, 0.3) is 0 Å². The summed E-state index contributed by atoms with van der Waals surface area (Å²) < 4.78 is 23.6. The molecule has 0 saturated carbocycles. The van der Waals surface area contributed by atoms with Crippen molar-refractivity contribution in [2.45, 2.75) is 6.61 Å². The highest BCUT2D eigenvalue weighted by atomic mass is 19.1. The van der Waals surface area contributed by atoms with E-state index in [0.717, 1.165) is 5.56 Å². The van der Waals surface area contributed by atoms with Gasteiger partial charge in [0.2, 0.25) is 5.88 Å². The summed E-state index contributed by atoms with van der Waals surface area (Å²) >= 11 is 0. The summed E-state index contributed by atoms with van der Waals surface area (Å²) in [5, 5.41) is 9.56. The molecule has 2 N–H and O–H groups in total. The first-order chi connectivity index (χ1) is 8.72. The van der Waals surface area contributed by atoms with Gasteiger partial charge in [0.25, 0.3) is 0 Å². The molecule has 0 fully saturated rings. The predicted molar refractivity (Wildman–Crippen MR) is 65.4 cm³/mol. The van der Waals surface area contributed by atoms with Gasteiger partial charge in [-0.15, -0.1) is 0 Å². The molecule has 0 spiro atoms. The zero-order valence-corrected chi connectivity index (χ0v) is 10.2. The molecule has 2 aromatic rings. The van der Waals surface area contributed by atoms with Gasteiger partial charge >= 0.3 is 0 Å². The lowest BCUT2D eigenvalue weighted by Gasteiger charge is -2.06. The molecular formula is C12H14FN3O2. The van der Waals surface area contributed by atoms with Crippen molar-refractivity contribution >= 4 is 5.82 Å². The van der Waals surface area contributed by atoms with Crippen molar-refractivity contribution in [3.63, 3.8) is 0 Å². The summed E-state index contributed by atoms with van der Waals surface area (Å²) in [6.45, 7) is 0.308. The van der Waals surface area contributed by atoms with Crippen LogP contribution in [0.2, 0.25) is 0 Å². The van der Waals surface area contributed by atoms with E-state index in [2.05, 4.69) is 15.5 Å². The molecule has 0 unspecified atom stereocenters. The number of anilines is 1. The molecule has 1 aromatic heterocycles. The van der Waals surface area contributed by atoms with E-state index in [1.807, 2.05) is 0 Å². The molecule has 1 heterocycles. The predicted octanol–water partition coefficient (Wildman–Crippen LogP) is 2.18. The lowest BCUT2D eigenvalue weighted by molar-refractivity contribution is 0.292. The zero-order valence-electron chi connectivity index (χ0n) is 10.2. The lowest BCUT2D eigenvalue weighted by Crippen LogP contribution is -1.97. The molecule has 0 saturated heterocycles. The molecule has 0 radical (unpaired) electrons.